The number of esters is 1. The standard InChI is InChI=1S/C29H31N3O5S2/c1-15-18-8-16-7-17(9-18)11-29(15,10-16)27(36)37-28-30-19(14-39-28)13-38-23-4-2-3-20-21(23)12-32(26(20)35)22-5-6-24(33)31-25(22)34/h2-4,14-18,22H,5-13H2,1H3,(H,31,33,34). The Morgan fingerprint density at radius 2 is 2.00 bits per heavy atom. The molecule has 1 saturated heterocycles. The van der Waals surface area contributed by atoms with Crippen molar-refractivity contribution < 1.29 is 23.9 Å². The second-order valence-corrected chi connectivity index (χ2v) is 13.9. The minimum Gasteiger partial charge on any atom is -0.397 e. The molecule has 1 aromatic heterocycles. The first-order valence-electron chi connectivity index (χ1n) is 13.9. The van der Waals surface area contributed by atoms with Gasteiger partial charge in [-0.15, -0.1) is 11.8 Å². The normalized spacial score (nSPS) is 32.9. The number of thiazole rings is 1. The third kappa shape index (κ3) is 4.22. The number of carbonyl (C=O) groups excluding carboxylic acids is 4. The Morgan fingerprint density at radius 1 is 1.21 bits per heavy atom. The highest BCUT2D eigenvalue weighted by atomic mass is 32.2. The molecule has 5 fully saturated rings. The van der Waals surface area contributed by atoms with Crippen LogP contribution in [-0.4, -0.2) is 39.6 Å². The molecule has 39 heavy (non-hydrogen) atoms. The molecule has 1 aromatic carbocycles. The van der Waals surface area contributed by atoms with Gasteiger partial charge in [0.1, 0.15) is 6.04 Å². The molecule has 8 rings (SSSR count). The Bertz CT molecular complexity index is 1370. The average Bonchev–Trinajstić information content (AvgIpc) is 3.49. The molecule has 3 amide bonds. The number of carbonyl (C=O) groups is 4. The van der Waals surface area contributed by atoms with Gasteiger partial charge in [0.2, 0.25) is 11.8 Å². The predicted octanol–water partition coefficient (Wildman–Crippen LogP) is 4.56. The average molecular weight is 566 g/mol. The second-order valence-electron chi connectivity index (χ2n) is 12.0. The van der Waals surface area contributed by atoms with Crippen molar-refractivity contribution in [3.8, 4) is 5.19 Å². The molecule has 6 aliphatic rings. The second kappa shape index (κ2) is 9.44. The van der Waals surface area contributed by atoms with Gasteiger partial charge < -0.3 is 9.64 Å². The lowest BCUT2D eigenvalue weighted by Gasteiger charge is -2.58. The van der Waals surface area contributed by atoms with Crippen molar-refractivity contribution >= 4 is 46.8 Å². The lowest BCUT2D eigenvalue weighted by atomic mass is 9.45. The summed E-state index contributed by atoms with van der Waals surface area (Å²) in [6.07, 6.45) is 6.31. The van der Waals surface area contributed by atoms with Crippen LogP contribution in [0.3, 0.4) is 0 Å². The number of thioether (sulfide) groups is 1. The summed E-state index contributed by atoms with van der Waals surface area (Å²) in [5, 5.41) is 4.70. The first kappa shape index (κ1) is 25.3. The molecular weight excluding hydrogens is 534 g/mol. The van der Waals surface area contributed by atoms with Gasteiger partial charge in [-0.3, -0.25) is 24.5 Å². The van der Waals surface area contributed by atoms with Gasteiger partial charge in [-0.05, 0) is 79.9 Å². The zero-order valence-electron chi connectivity index (χ0n) is 21.8. The lowest BCUT2D eigenvalue weighted by molar-refractivity contribution is -0.172. The van der Waals surface area contributed by atoms with Crippen LogP contribution in [0.5, 0.6) is 5.19 Å². The summed E-state index contributed by atoms with van der Waals surface area (Å²) in [4.78, 5) is 57.7. The van der Waals surface area contributed by atoms with Crippen molar-refractivity contribution in [2.24, 2.45) is 29.1 Å². The Balaban J connectivity index is 1.01. The SMILES string of the molecule is CC1C2CC3CC(C2)CC1(C(=O)Oc1nc(CSc2cccc4c2CN(C2CCC(=O)NC2=O)C4=O)cs1)C3. The monoisotopic (exact) mass is 565 g/mol. The van der Waals surface area contributed by atoms with E-state index in [-0.39, 0.29) is 29.6 Å². The molecule has 2 aromatic rings. The minimum atomic E-state index is -0.632. The molecule has 204 valence electrons. The highest BCUT2D eigenvalue weighted by Gasteiger charge is 2.60. The number of hydrogen-bond acceptors (Lipinski definition) is 8. The van der Waals surface area contributed by atoms with E-state index in [2.05, 4.69) is 17.2 Å². The summed E-state index contributed by atoms with van der Waals surface area (Å²) >= 11 is 2.94. The number of nitrogens with zero attached hydrogens (tertiary/aromatic N) is 2. The van der Waals surface area contributed by atoms with Crippen LogP contribution in [0.25, 0.3) is 0 Å². The molecule has 4 atom stereocenters. The van der Waals surface area contributed by atoms with Crippen LogP contribution in [0.2, 0.25) is 0 Å². The Labute approximate surface area is 235 Å². The van der Waals surface area contributed by atoms with Crippen LogP contribution in [-0.2, 0) is 26.7 Å². The van der Waals surface area contributed by atoms with Gasteiger partial charge in [-0.1, -0.05) is 24.3 Å². The van der Waals surface area contributed by atoms with Gasteiger partial charge in [0.25, 0.3) is 11.1 Å². The minimum absolute atomic E-state index is 0.0874. The number of hydrogen-bond donors (Lipinski definition) is 1. The number of nitrogens with one attached hydrogen (secondary N) is 1. The van der Waals surface area contributed by atoms with E-state index in [1.54, 1.807) is 22.7 Å². The third-order valence-corrected chi connectivity index (χ3v) is 11.8. The number of rotatable bonds is 6. The van der Waals surface area contributed by atoms with E-state index in [9.17, 15) is 19.2 Å². The summed E-state index contributed by atoms with van der Waals surface area (Å²) in [5.41, 5.74) is 1.98. The number of aromatic nitrogens is 1. The predicted molar refractivity (Wildman–Crippen MR) is 145 cm³/mol. The molecule has 3 heterocycles. The maximum absolute atomic E-state index is 13.5. The highest BCUT2D eigenvalue weighted by molar-refractivity contribution is 7.98. The molecule has 10 heteroatoms. The number of benzene rings is 1. The van der Waals surface area contributed by atoms with Crippen LogP contribution < -0.4 is 10.1 Å². The van der Waals surface area contributed by atoms with Crippen molar-refractivity contribution in [3.05, 3.63) is 40.4 Å². The van der Waals surface area contributed by atoms with Gasteiger partial charge in [0.15, 0.2) is 0 Å². The fraction of sp³-hybridized carbons (Fsp3) is 0.552. The smallest absolute Gasteiger partial charge is 0.319 e. The summed E-state index contributed by atoms with van der Waals surface area (Å²) in [6.45, 7) is 2.59. The number of piperidine rings is 1. The van der Waals surface area contributed by atoms with Gasteiger partial charge in [0, 0.05) is 34.6 Å². The first-order chi connectivity index (χ1) is 18.8. The van der Waals surface area contributed by atoms with E-state index >= 15 is 0 Å². The Morgan fingerprint density at radius 3 is 2.77 bits per heavy atom. The van der Waals surface area contributed by atoms with Crippen LogP contribution >= 0.6 is 23.1 Å². The largest absolute Gasteiger partial charge is 0.397 e. The van der Waals surface area contributed by atoms with E-state index in [4.69, 9.17) is 4.74 Å². The van der Waals surface area contributed by atoms with Gasteiger partial charge in [-0.25, -0.2) is 4.98 Å². The molecule has 8 nitrogen and oxygen atoms in total. The summed E-state index contributed by atoms with van der Waals surface area (Å²) in [5.74, 6) is 1.96. The maximum Gasteiger partial charge on any atom is 0.319 e. The van der Waals surface area contributed by atoms with Crippen LogP contribution in [0.1, 0.15) is 73.5 Å². The van der Waals surface area contributed by atoms with Crippen molar-refractivity contribution in [1.82, 2.24) is 15.2 Å². The van der Waals surface area contributed by atoms with Gasteiger partial charge in [-0.2, -0.15) is 0 Å². The van der Waals surface area contributed by atoms with Crippen LogP contribution in [0.15, 0.2) is 28.5 Å². The third-order valence-electron chi connectivity index (χ3n) is 9.86. The van der Waals surface area contributed by atoms with Crippen molar-refractivity contribution in [3.63, 3.8) is 0 Å². The molecule has 2 aliphatic heterocycles. The van der Waals surface area contributed by atoms with Gasteiger partial charge >= 0.3 is 5.97 Å². The highest BCUT2D eigenvalue weighted by Crippen LogP contribution is 2.63. The fourth-order valence-electron chi connectivity index (χ4n) is 8.07. The Hall–Kier alpha value is -2.72. The molecule has 4 bridgehead atoms. The maximum atomic E-state index is 13.5. The summed E-state index contributed by atoms with van der Waals surface area (Å²) < 4.78 is 5.94. The number of imide groups is 1. The molecule has 0 spiro atoms. The summed E-state index contributed by atoms with van der Waals surface area (Å²) in [6, 6.07) is 4.99. The first-order valence-corrected chi connectivity index (χ1v) is 15.7. The van der Waals surface area contributed by atoms with Crippen molar-refractivity contribution in [2.45, 2.75) is 75.1 Å². The molecular formula is C29H31N3O5S2. The van der Waals surface area contributed by atoms with Crippen molar-refractivity contribution in [2.75, 3.05) is 0 Å². The molecule has 1 N–H and O–H groups in total. The fourth-order valence-corrected chi connectivity index (χ4v) is 9.82. The number of fused-ring (bicyclic) bond motifs is 1. The van der Waals surface area contributed by atoms with E-state index < -0.39 is 11.9 Å². The van der Waals surface area contributed by atoms with E-state index in [1.807, 2.05) is 17.5 Å². The van der Waals surface area contributed by atoms with Crippen LogP contribution in [0.4, 0.5) is 0 Å². The quantitative estimate of drug-likeness (QED) is 0.311. The van der Waals surface area contributed by atoms with Crippen LogP contribution in [0, 0.1) is 29.1 Å². The molecule has 4 unspecified atom stereocenters. The van der Waals surface area contributed by atoms with Crippen molar-refractivity contribution in [1.29, 1.82) is 0 Å². The number of amides is 3. The molecule has 0 radical (unpaired) electrons. The zero-order chi connectivity index (χ0) is 26.9. The van der Waals surface area contributed by atoms with E-state index in [0.29, 0.717) is 53.1 Å². The van der Waals surface area contributed by atoms with E-state index in [0.717, 1.165) is 29.0 Å². The Kier molecular flexibility index (Phi) is 6.11. The zero-order valence-corrected chi connectivity index (χ0v) is 23.4. The van der Waals surface area contributed by atoms with E-state index in [1.165, 1.54) is 30.6 Å². The number of ether oxygens (including phenoxy) is 1. The lowest BCUT2D eigenvalue weighted by Crippen LogP contribution is -2.56. The molecule has 4 aliphatic carbocycles. The molecule has 4 saturated carbocycles. The van der Waals surface area contributed by atoms with Gasteiger partial charge in [0.05, 0.1) is 11.1 Å². The summed E-state index contributed by atoms with van der Waals surface area (Å²) in [7, 11) is 0. The topological polar surface area (TPSA) is 106 Å².